The summed E-state index contributed by atoms with van der Waals surface area (Å²) < 4.78 is 0. The molecule has 0 saturated heterocycles. The molecule has 0 N–H and O–H groups in total. The van der Waals surface area contributed by atoms with E-state index in [9.17, 15) is 0 Å². The summed E-state index contributed by atoms with van der Waals surface area (Å²) in [6, 6.07) is 92.7. The predicted octanol–water partition coefficient (Wildman–Crippen LogP) is 30.3. The number of hydrogen-bond donors (Lipinski definition) is 0. The molecule has 8 aromatic carbocycles. The van der Waals surface area contributed by atoms with Crippen LogP contribution < -0.4 is 41.5 Å². The van der Waals surface area contributed by atoms with Crippen molar-refractivity contribution in [2.24, 2.45) is 21.7 Å². The van der Waals surface area contributed by atoms with Gasteiger partial charge in [0.2, 0.25) is 0 Å². The van der Waals surface area contributed by atoms with Gasteiger partial charge in [0.05, 0.1) is 0 Å². The molecule has 0 spiro atoms. The minimum atomic E-state index is -1.60. The number of rotatable bonds is 20. The molecule has 8 aliphatic carbocycles. The van der Waals surface area contributed by atoms with Gasteiger partial charge in [-0.05, 0) is 67.5 Å². The van der Waals surface area contributed by atoms with E-state index in [4.69, 9.17) is 21.3 Å². The van der Waals surface area contributed by atoms with Crippen molar-refractivity contribution in [3.63, 3.8) is 0 Å². The molecule has 0 radical (unpaired) electrons. The fourth-order valence-corrected chi connectivity index (χ4v) is 45.2. The van der Waals surface area contributed by atoms with E-state index < -0.39 is 35.2 Å². The van der Waals surface area contributed by atoms with Crippen molar-refractivity contribution < 1.29 is 21.7 Å². The molecule has 8 unspecified atom stereocenters. The van der Waals surface area contributed by atoms with Gasteiger partial charge in [0.25, 0.3) is 0 Å². The normalized spacial score (nSPS) is 27.9. The maximum absolute atomic E-state index is 5.64. The van der Waals surface area contributed by atoms with Crippen LogP contribution in [0.15, 0.2) is 340 Å². The molecule has 4 fully saturated rings. The standard InChI is InChI=1S/4C32H44NSi.Ti/c4*1-30(2)31(3,33-27-19-15-16-20-27)25-17-7-5-6-8-18-26-32(30,4)34(28-21-11-9-12-22-28)29-23-13-10-14-24-29;/h4*9-16,19-24,27,34H,5-8,17-18,25-26H2,1-4H3;/q4*-1;+4. The first-order valence-corrected chi connectivity index (χ1v) is 61.1. The monoisotopic (exact) mass is 1930 g/mol. The summed E-state index contributed by atoms with van der Waals surface area (Å²) in [6.45, 7) is 41.1. The Labute approximate surface area is 857 Å². The molecule has 0 heterocycles. The first-order chi connectivity index (χ1) is 65.5. The second-order valence-corrected chi connectivity index (χ2v) is 60.2. The first-order valence-electron chi connectivity index (χ1n) is 54.2. The van der Waals surface area contributed by atoms with Gasteiger partial charge in [-0.1, -0.05) is 696 Å². The van der Waals surface area contributed by atoms with Crippen molar-refractivity contribution in [2.75, 3.05) is 0 Å². The molecule has 9 heteroatoms. The zero-order valence-electron chi connectivity index (χ0n) is 87.9. The molecule has 4 saturated carbocycles. The smallest absolute Gasteiger partial charge is 0.647 e. The van der Waals surface area contributed by atoms with Crippen LogP contribution in [-0.2, 0) is 21.7 Å². The molecular formula is C128H176N4Si4Ti. The number of allylic oxidation sites excluding steroid dienone is 8. The van der Waals surface area contributed by atoms with Crippen LogP contribution in [0.2, 0.25) is 20.2 Å². The zero-order valence-corrected chi connectivity index (χ0v) is 94.0. The summed E-state index contributed by atoms with van der Waals surface area (Å²) in [5.41, 5.74) is -0.104. The van der Waals surface area contributed by atoms with E-state index in [0.717, 1.165) is 0 Å². The molecule has 728 valence electrons. The third kappa shape index (κ3) is 25.7. The van der Waals surface area contributed by atoms with Gasteiger partial charge in [0.1, 0.15) is 35.2 Å². The number of benzene rings is 8. The van der Waals surface area contributed by atoms with E-state index in [-0.39, 0.29) is 110 Å². The summed E-state index contributed by atoms with van der Waals surface area (Å²) >= 11 is 0. The van der Waals surface area contributed by atoms with Crippen LogP contribution >= 0.6 is 0 Å². The van der Waals surface area contributed by atoms with Crippen molar-refractivity contribution in [3.8, 4) is 0 Å². The third-order valence-electron chi connectivity index (χ3n) is 37.8. The van der Waals surface area contributed by atoms with Crippen molar-refractivity contribution in [2.45, 2.75) is 383 Å². The molecule has 0 bridgehead atoms. The molecular weight excluding hydrogens is 1750 g/mol. The molecule has 8 atom stereocenters. The SMILES string of the molecule is CC1([N-]C2C=CC=C2)CCCCCCCCC(C)([SiH](c2ccccc2)c2ccccc2)C1(C)C.CC1([N-]C2C=CC=C2)CCCCCCCCC(C)([SiH](c2ccccc2)c2ccccc2)C1(C)C.CC1([N-]C2C=CC=C2)CCCCCCCCC(C)([SiH](c2ccccc2)c2ccccc2)C1(C)C.CC1([N-]C2C=CC=C2)CCCCCCCCC(C)([SiH](c2ccccc2)c2ccccc2)C1(C)C.[Ti+4]. The molecule has 137 heavy (non-hydrogen) atoms. The van der Waals surface area contributed by atoms with Gasteiger partial charge >= 0.3 is 21.7 Å². The Hall–Kier alpha value is -6.90. The zero-order chi connectivity index (χ0) is 96.3. The minimum absolute atomic E-state index is 0. The molecule has 0 amide bonds. The van der Waals surface area contributed by atoms with E-state index in [2.05, 4.69) is 451 Å². The largest absolute Gasteiger partial charge is 4.00 e. The number of hydrogen-bond acceptors (Lipinski definition) is 0. The van der Waals surface area contributed by atoms with Gasteiger partial charge in [-0.2, -0.15) is 0 Å². The van der Waals surface area contributed by atoms with Gasteiger partial charge < -0.3 is 21.3 Å². The summed E-state index contributed by atoms with van der Waals surface area (Å²) in [7, 11) is -6.38. The van der Waals surface area contributed by atoms with Crippen molar-refractivity contribution >= 4 is 76.7 Å². The van der Waals surface area contributed by atoms with Gasteiger partial charge in [-0.15, -0.1) is 22.2 Å². The van der Waals surface area contributed by atoms with Crippen LogP contribution in [0.25, 0.3) is 21.3 Å². The second kappa shape index (κ2) is 50.4. The predicted molar refractivity (Wildman–Crippen MR) is 609 cm³/mol. The van der Waals surface area contributed by atoms with E-state index in [1.807, 2.05) is 0 Å². The Balaban J connectivity index is 0.000000164. The number of nitrogens with zero attached hydrogens (tertiary/aromatic N) is 4. The summed E-state index contributed by atoms with van der Waals surface area (Å²) in [5.74, 6) is 0. The van der Waals surface area contributed by atoms with E-state index in [1.165, 1.54) is 205 Å². The van der Waals surface area contributed by atoms with E-state index in [0.29, 0.717) is 0 Å². The van der Waals surface area contributed by atoms with Gasteiger partial charge in [-0.3, -0.25) is 0 Å². The average Bonchev–Trinajstić information content (AvgIpc) is 1.60. The topological polar surface area (TPSA) is 56.4 Å². The molecule has 16 rings (SSSR count). The molecule has 4 nitrogen and oxygen atoms in total. The Morgan fingerprint density at radius 2 is 0.285 bits per heavy atom. The van der Waals surface area contributed by atoms with Crippen LogP contribution in [0.3, 0.4) is 0 Å². The Morgan fingerprint density at radius 1 is 0.168 bits per heavy atom. The molecule has 0 aliphatic heterocycles. The Kier molecular flexibility index (Phi) is 40.0. The van der Waals surface area contributed by atoms with Crippen LogP contribution in [-0.4, -0.2) is 81.5 Å². The van der Waals surface area contributed by atoms with Crippen molar-refractivity contribution in [1.82, 2.24) is 0 Å². The van der Waals surface area contributed by atoms with Crippen LogP contribution in [0.5, 0.6) is 0 Å². The van der Waals surface area contributed by atoms with Gasteiger partial charge in [0, 0.05) is 0 Å². The van der Waals surface area contributed by atoms with Crippen LogP contribution in [0.4, 0.5) is 0 Å². The maximum Gasteiger partial charge on any atom is 4.00 e. The van der Waals surface area contributed by atoms with Gasteiger partial charge in [-0.25, -0.2) is 0 Å². The van der Waals surface area contributed by atoms with Crippen molar-refractivity contribution in [3.05, 3.63) is 361 Å². The van der Waals surface area contributed by atoms with Crippen LogP contribution in [0, 0.1) is 21.7 Å². The average molecular weight is 1930 g/mol. The third-order valence-corrected chi connectivity index (χ3v) is 55.3. The van der Waals surface area contributed by atoms with Crippen molar-refractivity contribution in [1.29, 1.82) is 0 Å². The minimum Gasteiger partial charge on any atom is -0.647 e. The summed E-state index contributed by atoms with van der Waals surface area (Å²) in [4.78, 5) is 0. The molecule has 8 aromatic rings. The summed E-state index contributed by atoms with van der Waals surface area (Å²) in [6.07, 6.45) is 77.5. The summed E-state index contributed by atoms with van der Waals surface area (Å²) in [5, 5.41) is 35.9. The first kappa shape index (κ1) is 109. The van der Waals surface area contributed by atoms with Gasteiger partial charge in [0.15, 0.2) is 0 Å². The molecule has 0 aromatic heterocycles. The Morgan fingerprint density at radius 3 is 0.416 bits per heavy atom. The fraction of sp³-hybridized carbons (Fsp3) is 0.500. The molecule has 8 aliphatic rings. The maximum atomic E-state index is 5.64. The van der Waals surface area contributed by atoms with E-state index >= 15 is 0 Å². The quantitative estimate of drug-likeness (QED) is 0.0683. The van der Waals surface area contributed by atoms with Crippen LogP contribution in [0.1, 0.15) is 316 Å². The second-order valence-electron chi connectivity index (χ2n) is 46.3. The Bertz CT molecular complexity index is 4300. The van der Waals surface area contributed by atoms with E-state index in [1.54, 1.807) is 41.5 Å². The fourth-order valence-electron chi connectivity index (χ4n) is 26.8.